The molecule has 0 saturated heterocycles. The van der Waals surface area contributed by atoms with Gasteiger partial charge < -0.3 is 0 Å². The summed E-state index contributed by atoms with van der Waals surface area (Å²) >= 11 is 0. The molecule has 0 N–H and O–H groups in total. The zero-order valence-electron chi connectivity index (χ0n) is 18.4. The smallest absolute Gasteiger partial charge is 0.123 e. The molecule has 0 radical (unpaired) electrons. The Morgan fingerprint density at radius 1 is 1.04 bits per heavy atom. The van der Waals surface area contributed by atoms with E-state index in [0.29, 0.717) is 40.5 Å². The molecule has 0 fully saturated rings. The first-order valence-electron chi connectivity index (χ1n) is 10.4. The summed E-state index contributed by atoms with van der Waals surface area (Å²) in [6.07, 6.45) is 6.44. The van der Waals surface area contributed by atoms with Gasteiger partial charge in [-0.3, -0.25) is 0 Å². The van der Waals surface area contributed by atoms with Gasteiger partial charge >= 0.3 is 0 Å². The molecule has 158 valence electrons. The lowest BCUT2D eigenvalue weighted by molar-refractivity contribution is 0.356. The van der Waals surface area contributed by atoms with Crippen molar-refractivity contribution in [1.29, 1.82) is 0 Å². The summed E-state index contributed by atoms with van der Waals surface area (Å²) in [7, 11) is 0. The first kappa shape index (κ1) is 24.5. The molecule has 0 aromatic rings. The fraction of sp³-hybridized carbons (Fsp3) is 0.600. The van der Waals surface area contributed by atoms with E-state index < -0.39 is 19.5 Å². The molecule has 0 nitrogen and oxygen atoms in total. The van der Waals surface area contributed by atoms with Crippen LogP contribution in [0.4, 0.5) is 13.2 Å². The minimum atomic E-state index is -1.27. The van der Waals surface area contributed by atoms with Gasteiger partial charge in [0.25, 0.3) is 0 Å². The fourth-order valence-electron chi connectivity index (χ4n) is 3.60. The molecule has 0 bridgehead atoms. The zero-order valence-corrected chi connectivity index (χ0v) is 18.4. The van der Waals surface area contributed by atoms with Gasteiger partial charge in [-0.05, 0) is 78.7 Å². The molecular weight excluding hydrogens is 357 g/mol. The molecule has 0 saturated carbocycles. The molecule has 1 rings (SSSR count). The maximum absolute atomic E-state index is 14.3. The summed E-state index contributed by atoms with van der Waals surface area (Å²) in [6, 6.07) is 0. The molecule has 1 aliphatic carbocycles. The van der Waals surface area contributed by atoms with Gasteiger partial charge in [0.15, 0.2) is 0 Å². The molecule has 0 spiro atoms. The number of halogens is 3. The summed E-state index contributed by atoms with van der Waals surface area (Å²) in [5.41, 5.74) is 3.85. The third kappa shape index (κ3) is 6.53. The van der Waals surface area contributed by atoms with Crippen molar-refractivity contribution in [1.82, 2.24) is 0 Å². The molecule has 0 aromatic carbocycles. The Bertz CT molecular complexity index is 659. The van der Waals surface area contributed by atoms with Crippen LogP contribution in [0.25, 0.3) is 0 Å². The van der Waals surface area contributed by atoms with Crippen molar-refractivity contribution < 1.29 is 13.2 Å². The number of rotatable bonds is 11. The molecular formula is C25H37F3. The van der Waals surface area contributed by atoms with Crippen LogP contribution in [0.2, 0.25) is 0 Å². The Morgan fingerprint density at radius 3 is 2.14 bits per heavy atom. The summed E-state index contributed by atoms with van der Waals surface area (Å²) in [5.74, 6) is 1.26. The van der Waals surface area contributed by atoms with Crippen LogP contribution in [0.15, 0.2) is 58.2 Å². The summed E-state index contributed by atoms with van der Waals surface area (Å²) in [6.45, 7) is 14.4. The molecule has 1 aliphatic rings. The topological polar surface area (TPSA) is 0 Å². The van der Waals surface area contributed by atoms with Crippen LogP contribution in [0.5, 0.6) is 0 Å². The van der Waals surface area contributed by atoms with Crippen molar-refractivity contribution in [3.8, 4) is 0 Å². The molecule has 3 heteroatoms. The van der Waals surface area contributed by atoms with Crippen molar-refractivity contribution in [2.24, 2.45) is 17.8 Å². The van der Waals surface area contributed by atoms with Crippen molar-refractivity contribution in [2.75, 3.05) is 13.3 Å². The second-order valence-corrected chi connectivity index (χ2v) is 8.51. The van der Waals surface area contributed by atoms with E-state index in [1.807, 2.05) is 19.9 Å². The quantitative estimate of drug-likeness (QED) is 0.311. The Labute approximate surface area is 170 Å². The second-order valence-electron chi connectivity index (χ2n) is 8.51. The maximum Gasteiger partial charge on any atom is 0.123 e. The first-order chi connectivity index (χ1) is 13.2. The number of allylic oxidation sites excluding steroid dienone is 9. The average molecular weight is 395 g/mol. The van der Waals surface area contributed by atoms with Gasteiger partial charge in [-0.1, -0.05) is 58.1 Å². The SMILES string of the molecule is C=C/C(C)=C\C1=C(C(C)F)C(CF)=C(/C=C(\CF)C(C)CCC(C)C(C)C)C1. The second kappa shape index (κ2) is 11.5. The maximum atomic E-state index is 14.3. The molecule has 0 amide bonds. The number of alkyl halides is 3. The predicted octanol–water partition coefficient (Wildman–Crippen LogP) is 8.05. The molecule has 28 heavy (non-hydrogen) atoms. The van der Waals surface area contributed by atoms with Crippen molar-refractivity contribution >= 4 is 0 Å². The summed E-state index contributed by atoms with van der Waals surface area (Å²) in [4.78, 5) is 0. The van der Waals surface area contributed by atoms with Crippen LogP contribution in [-0.2, 0) is 0 Å². The van der Waals surface area contributed by atoms with E-state index in [1.54, 1.807) is 12.2 Å². The highest BCUT2D eigenvalue weighted by molar-refractivity contribution is 5.57. The van der Waals surface area contributed by atoms with Gasteiger partial charge in [0, 0.05) is 0 Å². The van der Waals surface area contributed by atoms with Gasteiger partial charge in [0.2, 0.25) is 0 Å². The van der Waals surface area contributed by atoms with Gasteiger partial charge in [-0.25, -0.2) is 13.2 Å². The van der Waals surface area contributed by atoms with Gasteiger partial charge in [0.05, 0.1) is 0 Å². The highest BCUT2D eigenvalue weighted by Gasteiger charge is 2.27. The lowest BCUT2D eigenvalue weighted by Crippen LogP contribution is -2.09. The Morgan fingerprint density at radius 2 is 1.68 bits per heavy atom. The minimum absolute atomic E-state index is 0.0836. The van der Waals surface area contributed by atoms with E-state index in [2.05, 4.69) is 27.4 Å². The molecule has 3 unspecified atom stereocenters. The minimum Gasteiger partial charge on any atom is -0.246 e. The van der Waals surface area contributed by atoms with E-state index in [-0.39, 0.29) is 5.92 Å². The lowest BCUT2D eigenvalue weighted by atomic mass is 9.87. The van der Waals surface area contributed by atoms with Gasteiger partial charge in [-0.15, -0.1) is 0 Å². The van der Waals surface area contributed by atoms with Crippen LogP contribution in [0.3, 0.4) is 0 Å². The monoisotopic (exact) mass is 394 g/mol. The third-order valence-corrected chi connectivity index (χ3v) is 6.03. The van der Waals surface area contributed by atoms with Crippen LogP contribution in [0, 0.1) is 17.8 Å². The van der Waals surface area contributed by atoms with Crippen LogP contribution in [-0.4, -0.2) is 19.5 Å². The Hall–Kier alpha value is -1.51. The molecule has 0 aromatic heterocycles. The highest BCUT2D eigenvalue weighted by Crippen LogP contribution is 2.39. The van der Waals surface area contributed by atoms with E-state index in [9.17, 15) is 13.2 Å². The molecule has 0 heterocycles. The molecule has 3 atom stereocenters. The van der Waals surface area contributed by atoms with Gasteiger partial charge in [-0.2, -0.15) is 0 Å². The molecule has 0 aliphatic heterocycles. The fourth-order valence-corrected chi connectivity index (χ4v) is 3.60. The highest BCUT2D eigenvalue weighted by atomic mass is 19.1. The predicted molar refractivity (Wildman–Crippen MR) is 116 cm³/mol. The summed E-state index contributed by atoms with van der Waals surface area (Å²) < 4.78 is 41.9. The van der Waals surface area contributed by atoms with Crippen LogP contribution in [0.1, 0.15) is 60.8 Å². The van der Waals surface area contributed by atoms with Crippen molar-refractivity contribution in [2.45, 2.75) is 67.0 Å². The first-order valence-corrected chi connectivity index (χ1v) is 10.4. The average Bonchev–Trinajstić information content (AvgIpc) is 3.00. The lowest BCUT2D eigenvalue weighted by Gasteiger charge is -2.19. The van der Waals surface area contributed by atoms with Crippen LogP contribution < -0.4 is 0 Å². The summed E-state index contributed by atoms with van der Waals surface area (Å²) in [5, 5.41) is 0. The van der Waals surface area contributed by atoms with Crippen LogP contribution >= 0.6 is 0 Å². The third-order valence-electron chi connectivity index (χ3n) is 6.03. The van der Waals surface area contributed by atoms with Crippen molar-refractivity contribution in [3.63, 3.8) is 0 Å². The standard InChI is InChI=1S/C25H37F3/c1-8-17(4)11-22-12-21(24(15-27)25(22)20(7)28)13-23(14-26)19(6)10-9-18(5)16(2)3/h8,11,13,16,18-20H,1,9-10,12,14-15H2,2-7H3/b17-11-,23-13+. The largest absolute Gasteiger partial charge is 0.246 e. The van der Waals surface area contributed by atoms with E-state index in [1.165, 1.54) is 6.92 Å². The number of hydrogen-bond acceptors (Lipinski definition) is 0. The number of hydrogen-bond donors (Lipinski definition) is 0. The zero-order chi connectivity index (χ0) is 21.4. The Balaban J connectivity index is 3.15. The normalized spacial score (nSPS) is 19.5. The van der Waals surface area contributed by atoms with E-state index >= 15 is 0 Å². The van der Waals surface area contributed by atoms with Crippen molar-refractivity contribution in [3.05, 3.63) is 58.2 Å². The van der Waals surface area contributed by atoms with E-state index in [0.717, 1.165) is 24.0 Å². The van der Waals surface area contributed by atoms with Gasteiger partial charge in [0.1, 0.15) is 19.5 Å². The van der Waals surface area contributed by atoms with E-state index in [4.69, 9.17) is 0 Å². The Kier molecular flexibility index (Phi) is 10.1.